The second-order valence-corrected chi connectivity index (χ2v) is 6.79. The van der Waals surface area contributed by atoms with Gasteiger partial charge in [-0.1, -0.05) is 38.5 Å². The number of benzene rings is 2. The van der Waals surface area contributed by atoms with Crippen molar-refractivity contribution in [2.45, 2.75) is 33.1 Å². The van der Waals surface area contributed by atoms with E-state index in [2.05, 4.69) is 31.4 Å². The van der Waals surface area contributed by atoms with Crippen LogP contribution in [0.3, 0.4) is 0 Å². The van der Waals surface area contributed by atoms with Crippen LogP contribution < -0.4 is 15.4 Å². The predicted molar refractivity (Wildman–Crippen MR) is 93.9 cm³/mol. The molecule has 25 heavy (non-hydrogen) atoms. The average molecular weight is 348 g/mol. The minimum atomic E-state index is -0.843. The van der Waals surface area contributed by atoms with Gasteiger partial charge in [0.15, 0.2) is 6.73 Å². The topological polar surface area (TPSA) is 50.4 Å². The lowest BCUT2D eigenvalue weighted by atomic mass is 9.85. The van der Waals surface area contributed by atoms with Gasteiger partial charge in [-0.05, 0) is 36.1 Å². The zero-order valence-corrected chi connectivity index (χ0v) is 14.7. The Morgan fingerprint density at radius 2 is 1.84 bits per heavy atom. The van der Waals surface area contributed by atoms with E-state index >= 15 is 0 Å². The van der Waals surface area contributed by atoms with E-state index in [1.807, 2.05) is 25.1 Å². The van der Waals surface area contributed by atoms with Crippen LogP contribution in [0.15, 0.2) is 36.4 Å². The van der Waals surface area contributed by atoms with Crippen LogP contribution in [0.25, 0.3) is 0 Å². The monoisotopic (exact) mass is 348 g/mol. The molecule has 2 N–H and O–H groups in total. The molecule has 2 aromatic rings. The third-order valence-corrected chi connectivity index (χ3v) is 3.58. The molecule has 2 amide bonds. The number of ether oxygens (including phenoxy) is 1. The Labute approximate surface area is 146 Å². The smallest absolute Gasteiger partial charge is 0.321 e. The maximum Gasteiger partial charge on any atom is 0.321 e. The number of rotatable bonds is 4. The first-order valence-corrected chi connectivity index (χ1v) is 7.90. The van der Waals surface area contributed by atoms with Gasteiger partial charge in [0.05, 0.1) is 5.69 Å². The van der Waals surface area contributed by atoms with E-state index in [9.17, 15) is 13.6 Å². The number of urea groups is 1. The highest BCUT2D eigenvalue weighted by molar-refractivity contribution is 5.89. The molecule has 0 aliphatic carbocycles. The highest BCUT2D eigenvalue weighted by Crippen LogP contribution is 2.32. The minimum absolute atomic E-state index is 0.0826. The van der Waals surface area contributed by atoms with Crippen molar-refractivity contribution in [2.75, 3.05) is 12.0 Å². The van der Waals surface area contributed by atoms with Gasteiger partial charge in [-0.3, -0.25) is 0 Å². The van der Waals surface area contributed by atoms with Crippen molar-refractivity contribution in [1.29, 1.82) is 0 Å². The Morgan fingerprint density at radius 1 is 1.12 bits per heavy atom. The fourth-order valence-corrected chi connectivity index (χ4v) is 2.29. The van der Waals surface area contributed by atoms with Gasteiger partial charge in [-0.2, -0.15) is 0 Å². The van der Waals surface area contributed by atoms with Crippen molar-refractivity contribution < 1.29 is 18.3 Å². The van der Waals surface area contributed by atoms with Crippen LogP contribution in [0.5, 0.6) is 5.75 Å². The molecule has 0 bridgehead atoms. The standard InChI is InChI=1S/C19H22F2N2O2/c1-12-5-8-17(14(9-12)19(2,3)4)25-11-22-18(24)23-16-7-6-13(20)10-15(16)21/h5-10H,11H2,1-4H3,(H2,22,23,24). The number of amides is 2. The van der Waals surface area contributed by atoms with Crippen LogP contribution in [0, 0.1) is 18.6 Å². The largest absolute Gasteiger partial charge is 0.473 e. The Bertz CT molecular complexity index is 771. The molecular weight excluding hydrogens is 326 g/mol. The van der Waals surface area contributed by atoms with Crippen LogP contribution in [-0.2, 0) is 5.41 Å². The van der Waals surface area contributed by atoms with E-state index in [0.717, 1.165) is 23.3 Å². The minimum Gasteiger partial charge on any atom is -0.473 e. The molecule has 2 aromatic carbocycles. The number of hydrogen-bond acceptors (Lipinski definition) is 2. The van der Waals surface area contributed by atoms with Crippen molar-refractivity contribution in [3.05, 3.63) is 59.2 Å². The summed E-state index contributed by atoms with van der Waals surface area (Å²) in [7, 11) is 0. The second kappa shape index (κ2) is 7.51. The highest BCUT2D eigenvalue weighted by atomic mass is 19.1. The summed E-state index contributed by atoms with van der Waals surface area (Å²) in [6, 6.07) is 8.11. The lowest BCUT2D eigenvalue weighted by Crippen LogP contribution is -2.32. The van der Waals surface area contributed by atoms with Crippen molar-refractivity contribution >= 4 is 11.7 Å². The number of carbonyl (C=O) groups is 1. The molecule has 4 nitrogen and oxygen atoms in total. The van der Waals surface area contributed by atoms with E-state index in [4.69, 9.17) is 4.74 Å². The number of aryl methyl sites for hydroxylation is 1. The molecule has 0 heterocycles. The Hall–Kier alpha value is -2.63. The second-order valence-electron chi connectivity index (χ2n) is 6.79. The number of carbonyl (C=O) groups excluding carboxylic acids is 1. The molecule has 0 aliphatic heterocycles. The van der Waals surface area contributed by atoms with Gasteiger partial charge < -0.3 is 15.4 Å². The third kappa shape index (κ3) is 5.17. The summed E-state index contributed by atoms with van der Waals surface area (Å²) in [4.78, 5) is 11.8. The van der Waals surface area contributed by atoms with Gasteiger partial charge in [-0.15, -0.1) is 0 Å². The maximum atomic E-state index is 13.5. The summed E-state index contributed by atoms with van der Waals surface area (Å²) in [6.07, 6.45) is 0. The molecule has 0 aliphatic rings. The van der Waals surface area contributed by atoms with E-state index in [0.29, 0.717) is 11.8 Å². The van der Waals surface area contributed by atoms with Crippen LogP contribution in [0.1, 0.15) is 31.9 Å². The Morgan fingerprint density at radius 3 is 2.48 bits per heavy atom. The predicted octanol–water partition coefficient (Wildman–Crippen LogP) is 4.73. The molecular formula is C19H22F2N2O2. The normalized spacial score (nSPS) is 11.1. The molecule has 0 aromatic heterocycles. The maximum absolute atomic E-state index is 13.5. The summed E-state index contributed by atoms with van der Waals surface area (Å²) >= 11 is 0. The summed E-state index contributed by atoms with van der Waals surface area (Å²) in [5, 5.41) is 4.79. The highest BCUT2D eigenvalue weighted by Gasteiger charge is 2.19. The number of nitrogens with one attached hydrogen (secondary N) is 2. The number of hydrogen-bond donors (Lipinski definition) is 2. The molecule has 0 unspecified atom stereocenters. The summed E-state index contributed by atoms with van der Waals surface area (Å²) in [5.41, 5.74) is 1.93. The first-order chi connectivity index (χ1) is 11.7. The van der Waals surface area contributed by atoms with Crippen LogP contribution in [0.2, 0.25) is 0 Å². The number of halogens is 2. The Kier molecular flexibility index (Phi) is 5.62. The molecule has 0 saturated heterocycles. The van der Waals surface area contributed by atoms with Gasteiger partial charge >= 0.3 is 6.03 Å². The molecule has 0 spiro atoms. The average Bonchev–Trinajstić information content (AvgIpc) is 2.50. The quantitative estimate of drug-likeness (QED) is 0.785. The van der Waals surface area contributed by atoms with Crippen molar-refractivity contribution in [2.24, 2.45) is 0 Å². The van der Waals surface area contributed by atoms with Gasteiger partial charge in [0.25, 0.3) is 0 Å². The third-order valence-electron chi connectivity index (χ3n) is 3.58. The van der Waals surface area contributed by atoms with Crippen LogP contribution >= 0.6 is 0 Å². The lowest BCUT2D eigenvalue weighted by Gasteiger charge is -2.23. The summed E-state index contributed by atoms with van der Waals surface area (Å²) < 4.78 is 32.0. The summed E-state index contributed by atoms with van der Waals surface area (Å²) in [5.74, 6) is -0.878. The SMILES string of the molecule is Cc1ccc(OCNC(=O)Nc2ccc(F)cc2F)c(C(C)(C)C)c1. The van der Waals surface area contributed by atoms with Gasteiger partial charge in [0.2, 0.25) is 0 Å². The molecule has 0 fully saturated rings. The fourth-order valence-electron chi connectivity index (χ4n) is 2.29. The zero-order chi connectivity index (χ0) is 18.6. The molecule has 2 rings (SSSR count). The summed E-state index contributed by atoms with van der Waals surface area (Å²) in [6.45, 7) is 8.15. The Balaban J connectivity index is 1.95. The lowest BCUT2D eigenvalue weighted by molar-refractivity contribution is 0.233. The van der Waals surface area contributed by atoms with E-state index < -0.39 is 17.7 Å². The molecule has 0 atom stereocenters. The van der Waals surface area contributed by atoms with Gasteiger partial charge in [-0.25, -0.2) is 13.6 Å². The van der Waals surface area contributed by atoms with Crippen molar-refractivity contribution in [3.8, 4) is 5.75 Å². The molecule has 6 heteroatoms. The first-order valence-electron chi connectivity index (χ1n) is 7.90. The van der Waals surface area contributed by atoms with Gasteiger partial charge in [0, 0.05) is 6.07 Å². The fraction of sp³-hybridized carbons (Fsp3) is 0.316. The van der Waals surface area contributed by atoms with Crippen LogP contribution in [0.4, 0.5) is 19.3 Å². The molecule has 0 radical (unpaired) electrons. The van der Waals surface area contributed by atoms with E-state index in [1.165, 1.54) is 0 Å². The molecule has 134 valence electrons. The molecule has 0 saturated carbocycles. The zero-order valence-electron chi connectivity index (χ0n) is 14.7. The van der Waals surface area contributed by atoms with E-state index in [-0.39, 0.29) is 17.8 Å². The van der Waals surface area contributed by atoms with Crippen molar-refractivity contribution in [3.63, 3.8) is 0 Å². The van der Waals surface area contributed by atoms with Gasteiger partial charge in [0.1, 0.15) is 17.4 Å². The van der Waals surface area contributed by atoms with E-state index in [1.54, 1.807) is 0 Å². The first kappa shape index (κ1) is 18.7. The number of anilines is 1. The van der Waals surface area contributed by atoms with Crippen molar-refractivity contribution in [1.82, 2.24) is 5.32 Å². The van der Waals surface area contributed by atoms with Crippen LogP contribution in [-0.4, -0.2) is 12.8 Å².